The molecule has 0 atom stereocenters. The molecule has 0 spiro atoms. The maximum atomic E-state index is 12.2. The van der Waals surface area contributed by atoms with Crippen LogP contribution >= 0.6 is 0 Å². The lowest BCUT2D eigenvalue weighted by atomic mass is 10.2. The molecule has 1 aromatic rings. The molecule has 0 aliphatic rings. The van der Waals surface area contributed by atoms with E-state index in [1.54, 1.807) is 6.07 Å². The molecule has 0 bridgehead atoms. The molecule has 1 aromatic heterocycles. The maximum absolute atomic E-state index is 12.2. The number of hydrogen-bond donors (Lipinski definition) is 2. The molecule has 1 heterocycles. The molecule has 0 radical (unpaired) electrons. The van der Waals surface area contributed by atoms with E-state index >= 15 is 0 Å². The monoisotopic (exact) mass is 273 g/mol. The summed E-state index contributed by atoms with van der Waals surface area (Å²) in [5.41, 5.74) is 5.77. The van der Waals surface area contributed by atoms with E-state index in [4.69, 9.17) is 10.8 Å². The van der Waals surface area contributed by atoms with Crippen molar-refractivity contribution in [3.63, 3.8) is 0 Å². The number of aliphatic hydroxyl groups excluding tert-OH is 1. The Morgan fingerprint density at radius 3 is 2.72 bits per heavy atom. The summed E-state index contributed by atoms with van der Waals surface area (Å²) in [4.78, 5) is 3.82. The zero-order chi connectivity index (χ0) is 13.6. The number of rotatable bonds is 7. The van der Waals surface area contributed by atoms with Gasteiger partial charge in [0.15, 0.2) is 5.03 Å². The van der Waals surface area contributed by atoms with E-state index in [1.165, 1.54) is 23.6 Å². The molecule has 102 valence electrons. The van der Waals surface area contributed by atoms with Crippen LogP contribution in [-0.4, -0.2) is 43.0 Å². The average Bonchev–Trinajstić information content (AvgIpc) is 2.34. The minimum absolute atomic E-state index is 0.102. The number of aliphatic hydroxyl groups is 1. The largest absolute Gasteiger partial charge is 0.396 e. The van der Waals surface area contributed by atoms with Gasteiger partial charge in [0.2, 0.25) is 0 Å². The van der Waals surface area contributed by atoms with E-state index in [0.717, 1.165) is 6.42 Å². The van der Waals surface area contributed by atoms with Crippen molar-refractivity contribution in [3.8, 4) is 0 Å². The summed E-state index contributed by atoms with van der Waals surface area (Å²) in [6.45, 7) is 0.516. The molecule has 6 nitrogen and oxygen atoms in total. The minimum atomic E-state index is -3.62. The van der Waals surface area contributed by atoms with Crippen molar-refractivity contribution in [2.75, 3.05) is 25.9 Å². The molecule has 0 saturated carbocycles. The van der Waals surface area contributed by atoms with Gasteiger partial charge in [-0.3, -0.25) is 0 Å². The van der Waals surface area contributed by atoms with E-state index in [1.807, 2.05) is 0 Å². The first-order chi connectivity index (χ1) is 8.50. The third-order valence-corrected chi connectivity index (χ3v) is 4.42. The van der Waals surface area contributed by atoms with Crippen LogP contribution in [0.1, 0.15) is 19.3 Å². The van der Waals surface area contributed by atoms with Crippen molar-refractivity contribution >= 4 is 15.7 Å². The van der Waals surface area contributed by atoms with Gasteiger partial charge in [-0.2, -0.15) is 4.31 Å². The molecule has 1 rings (SSSR count). The summed E-state index contributed by atoms with van der Waals surface area (Å²) in [5.74, 6) is 0. The summed E-state index contributed by atoms with van der Waals surface area (Å²) in [7, 11) is -2.12. The lowest BCUT2D eigenvalue weighted by molar-refractivity contribution is 0.281. The Balaban J connectivity index is 2.72. The van der Waals surface area contributed by atoms with Gasteiger partial charge in [0, 0.05) is 26.4 Å². The summed E-state index contributed by atoms with van der Waals surface area (Å²) in [6, 6.07) is 3.11. The third kappa shape index (κ3) is 3.66. The third-order valence-electron chi connectivity index (χ3n) is 2.59. The van der Waals surface area contributed by atoms with Gasteiger partial charge < -0.3 is 10.8 Å². The van der Waals surface area contributed by atoms with E-state index < -0.39 is 10.0 Å². The van der Waals surface area contributed by atoms with Crippen LogP contribution in [0.2, 0.25) is 0 Å². The van der Waals surface area contributed by atoms with Gasteiger partial charge in [-0.15, -0.1) is 0 Å². The topological polar surface area (TPSA) is 96.5 Å². The van der Waals surface area contributed by atoms with Crippen LogP contribution in [0.3, 0.4) is 0 Å². The number of hydrogen-bond acceptors (Lipinski definition) is 5. The number of aromatic nitrogens is 1. The highest BCUT2D eigenvalue weighted by Gasteiger charge is 2.23. The Morgan fingerprint density at radius 2 is 2.11 bits per heavy atom. The van der Waals surface area contributed by atoms with Crippen LogP contribution in [-0.2, 0) is 10.0 Å². The Hall–Kier alpha value is -1.18. The molecule has 0 aliphatic heterocycles. The van der Waals surface area contributed by atoms with Crippen molar-refractivity contribution in [2.24, 2.45) is 0 Å². The standard InChI is InChI=1S/C11H19N3O3S/c1-14(8-3-2-4-9-15)18(16,17)11-10(12)6-5-7-13-11/h5-7,15H,2-4,8-9,12H2,1H3. The van der Waals surface area contributed by atoms with Crippen LogP contribution in [0.15, 0.2) is 23.4 Å². The van der Waals surface area contributed by atoms with Crippen LogP contribution in [0.5, 0.6) is 0 Å². The zero-order valence-electron chi connectivity index (χ0n) is 10.4. The summed E-state index contributed by atoms with van der Waals surface area (Å²) >= 11 is 0. The average molecular weight is 273 g/mol. The van der Waals surface area contributed by atoms with Crippen molar-refractivity contribution in [2.45, 2.75) is 24.3 Å². The molecule has 0 aliphatic carbocycles. The summed E-state index contributed by atoms with van der Waals surface area (Å²) < 4.78 is 25.5. The van der Waals surface area contributed by atoms with Crippen LogP contribution in [0.4, 0.5) is 5.69 Å². The Bertz CT molecular complexity index is 476. The van der Waals surface area contributed by atoms with Gasteiger partial charge in [0.1, 0.15) is 0 Å². The highest BCUT2D eigenvalue weighted by atomic mass is 32.2. The van der Waals surface area contributed by atoms with Crippen LogP contribution < -0.4 is 5.73 Å². The minimum Gasteiger partial charge on any atom is -0.396 e. The number of nitrogens with zero attached hydrogens (tertiary/aromatic N) is 2. The number of anilines is 1. The zero-order valence-corrected chi connectivity index (χ0v) is 11.2. The summed E-state index contributed by atoms with van der Waals surface area (Å²) in [5, 5.41) is 8.55. The Morgan fingerprint density at radius 1 is 1.39 bits per heavy atom. The first kappa shape index (κ1) is 14.9. The number of nitrogen functional groups attached to an aromatic ring is 1. The highest BCUT2D eigenvalue weighted by molar-refractivity contribution is 7.89. The predicted molar refractivity (Wildman–Crippen MR) is 69.4 cm³/mol. The second kappa shape index (κ2) is 6.67. The molecule has 3 N–H and O–H groups in total. The van der Waals surface area contributed by atoms with Crippen molar-refractivity contribution < 1.29 is 13.5 Å². The molecule has 0 amide bonds. The number of pyridine rings is 1. The van der Waals surface area contributed by atoms with Gasteiger partial charge >= 0.3 is 0 Å². The predicted octanol–water partition coefficient (Wildman–Crippen LogP) is 0.447. The number of nitrogens with two attached hydrogens (primary N) is 1. The van der Waals surface area contributed by atoms with Crippen LogP contribution in [0, 0.1) is 0 Å². The van der Waals surface area contributed by atoms with Crippen molar-refractivity contribution in [1.82, 2.24) is 9.29 Å². The first-order valence-electron chi connectivity index (χ1n) is 5.78. The smallest absolute Gasteiger partial charge is 0.262 e. The van der Waals surface area contributed by atoms with Gasteiger partial charge in [0.25, 0.3) is 10.0 Å². The highest BCUT2D eigenvalue weighted by Crippen LogP contribution is 2.18. The van der Waals surface area contributed by atoms with Gasteiger partial charge in [-0.25, -0.2) is 13.4 Å². The maximum Gasteiger partial charge on any atom is 0.262 e. The normalized spacial score (nSPS) is 11.9. The second-order valence-corrected chi connectivity index (χ2v) is 5.97. The molecule has 0 fully saturated rings. The summed E-state index contributed by atoms with van der Waals surface area (Å²) in [6.07, 6.45) is 3.57. The first-order valence-corrected chi connectivity index (χ1v) is 7.22. The second-order valence-electron chi connectivity index (χ2n) is 4.01. The van der Waals surface area contributed by atoms with Crippen molar-refractivity contribution in [1.29, 1.82) is 0 Å². The van der Waals surface area contributed by atoms with E-state index in [0.29, 0.717) is 19.4 Å². The molecular formula is C11H19N3O3S. The lowest BCUT2D eigenvalue weighted by Gasteiger charge is -2.17. The van der Waals surface area contributed by atoms with Crippen LogP contribution in [0.25, 0.3) is 0 Å². The van der Waals surface area contributed by atoms with Gasteiger partial charge in [0.05, 0.1) is 5.69 Å². The number of unbranched alkanes of at least 4 members (excludes halogenated alkanes) is 2. The molecule has 7 heteroatoms. The van der Waals surface area contributed by atoms with Gasteiger partial charge in [-0.1, -0.05) is 0 Å². The Labute approximate surface area is 107 Å². The fourth-order valence-electron chi connectivity index (χ4n) is 1.51. The van der Waals surface area contributed by atoms with E-state index in [-0.39, 0.29) is 17.3 Å². The molecule has 0 saturated heterocycles. The lowest BCUT2D eigenvalue weighted by Crippen LogP contribution is -2.29. The van der Waals surface area contributed by atoms with Gasteiger partial charge in [-0.05, 0) is 31.4 Å². The van der Waals surface area contributed by atoms with E-state index in [9.17, 15) is 8.42 Å². The SMILES string of the molecule is CN(CCCCCO)S(=O)(=O)c1ncccc1N. The molecule has 0 unspecified atom stereocenters. The molecular weight excluding hydrogens is 254 g/mol. The van der Waals surface area contributed by atoms with Crippen molar-refractivity contribution in [3.05, 3.63) is 18.3 Å². The fourth-order valence-corrected chi connectivity index (χ4v) is 2.73. The quantitative estimate of drug-likeness (QED) is 0.703. The molecule has 0 aromatic carbocycles. The Kier molecular flexibility index (Phi) is 5.52. The molecule has 18 heavy (non-hydrogen) atoms. The number of sulfonamides is 1. The van der Waals surface area contributed by atoms with E-state index in [2.05, 4.69) is 4.98 Å². The fraction of sp³-hybridized carbons (Fsp3) is 0.545.